The van der Waals surface area contributed by atoms with E-state index in [1.54, 1.807) is 65.8 Å². The van der Waals surface area contributed by atoms with Gasteiger partial charge in [0.05, 0.1) is 32.6 Å². The summed E-state index contributed by atoms with van der Waals surface area (Å²) in [6.45, 7) is 10.3. The van der Waals surface area contributed by atoms with Gasteiger partial charge in [0.1, 0.15) is 11.2 Å². The van der Waals surface area contributed by atoms with Crippen LogP contribution in [0.1, 0.15) is 41.5 Å². The molecule has 0 atom stereocenters. The number of amides is 2. The van der Waals surface area contributed by atoms with E-state index in [0.717, 1.165) is 0 Å². The van der Waals surface area contributed by atoms with E-state index in [1.807, 2.05) is 0 Å². The van der Waals surface area contributed by atoms with E-state index in [2.05, 4.69) is 0 Å². The number of ether oxygens (including phenoxy) is 2. The van der Waals surface area contributed by atoms with Gasteiger partial charge in [0.15, 0.2) is 0 Å². The lowest BCUT2D eigenvalue weighted by molar-refractivity contribution is -0.385. The van der Waals surface area contributed by atoms with E-state index in [0.29, 0.717) is 22.7 Å². The summed E-state index contributed by atoms with van der Waals surface area (Å²) >= 11 is 0. The molecule has 3 rings (SSSR count). The van der Waals surface area contributed by atoms with Crippen molar-refractivity contribution in [2.45, 2.75) is 52.7 Å². The molecule has 0 radical (unpaired) electrons. The molecule has 3 aromatic carbocycles. The van der Waals surface area contributed by atoms with Crippen LogP contribution in [-0.2, 0) is 9.47 Å². The van der Waals surface area contributed by atoms with Gasteiger partial charge < -0.3 is 9.47 Å². The second-order valence-corrected chi connectivity index (χ2v) is 10.7. The Balaban J connectivity index is 2.06. The van der Waals surface area contributed by atoms with Gasteiger partial charge >= 0.3 is 12.2 Å². The molecule has 12 heteroatoms. The Morgan fingerprint density at radius 2 is 0.775 bits per heavy atom. The van der Waals surface area contributed by atoms with E-state index >= 15 is 0 Å². The van der Waals surface area contributed by atoms with Crippen LogP contribution < -0.4 is 9.80 Å². The van der Waals surface area contributed by atoms with Gasteiger partial charge in [0.2, 0.25) is 0 Å². The lowest BCUT2D eigenvalue weighted by Gasteiger charge is -2.29. The number of carbonyl (C=O) groups is 2. The fraction of sp³-hybridized carbons (Fsp3) is 0.286. The number of benzene rings is 3. The van der Waals surface area contributed by atoms with Gasteiger partial charge in [-0.2, -0.15) is 0 Å². The molecule has 210 valence electrons. The first kappa shape index (κ1) is 29.6. The average Bonchev–Trinajstić information content (AvgIpc) is 2.84. The lowest BCUT2D eigenvalue weighted by atomic mass is 10.2. The number of non-ortho nitro benzene ring substituents is 2. The normalized spacial score (nSPS) is 11.3. The van der Waals surface area contributed by atoms with E-state index in [-0.39, 0.29) is 11.4 Å². The topological polar surface area (TPSA) is 145 Å². The number of anilines is 4. The molecule has 0 aromatic heterocycles. The number of carbonyl (C=O) groups excluding carboxylic acids is 2. The van der Waals surface area contributed by atoms with Crippen LogP contribution in [-0.4, -0.2) is 33.2 Å². The minimum Gasteiger partial charge on any atom is -0.443 e. The molecule has 0 saturated heterocycles. The first-order chi connectivity index (χ1) is 18.6. The van der Waals surface area contributed by atoms with Gasteiger partial charge in [-0.3, -0.25) is 20.2 Å². The molecule has 0 bridgehead atoms. The number of hydrogen-bond donors (Lipinski definition) is 0. The highest BCUT2D eigenvalue weighted by molar-refractivity contribution is 5.99. The van der Waals surface area contributed by atoms with Gasteiger partial charge in [0.25, 0.3) is 11.4 Å². The summed E-state index contributed by atoms with van der Waals surface area (Å²) in [6, 6.07) is 17.1. The Kier molecular flexibility index (Phi) is 8.42. The third kappa shape index (κ3) is 7.53. The molecule has 0 heterocycles. The van der Waals surface area contributed by atoms with Crippen LogP contribution in [0.15, 0.2) is 72.8 Å². The third-order valence-electron chi connectivity index (χ3n) is 5.16. The summed E-state index contributed by atoms with van der Waals surface area (Å²) in [5.41, 5.74) is -0.545. The highest BCUT2D eigenvalue weighted by Gasteiger charge is 2.28. The molecular formula is C28H30N4O8. The van der Waals surface area contributed by atoms with Gasteiger partial charge in [-0.1, -0.05) is 0 Å². The van der Waals surface area contributed by atoms with E-state index < -0.39 is 33.2 Å². The van der Waals surface area contributed by atoms with Gasteiger partial charge in [-0.05, 0) is 90.1 Å². The first-order valence-corrected chi connectivity index (χ1v) is 12.2. The zero-order valence-corrected chi connectivity index (χ0v) is 23.0. The molecule has 0 N–H and O–H groups in total. The predicted octanol–water partition coefficient (Wildman–Crippen LogP) is 7.65. The highest BCUT2D eigenvalue weighted by Crippen LogP contribution is 2.34. The Hall–Kier alpha value is -5.00. The fourth-order valence-electron chi connectivity index (χ4n) is 3.53. The molecule has 2 amide bonds. The van der Waals surface area contributed by atoms with Crippen molar-refractivity contribution in [3.63, 3.8) is 0 Å². The van der Waals surface area contributed by atoms with Crippen LogP contribution in [0.5, 0.6) is 0 Å². The molecule has 0 saturated carbocycles. The monoisotopic (exact) mass is 550 g/mol. The molecule has 40 heavy (non-hydrogen) atoms. The molecule has 12 nitrogen and oxygen atoms in total. The average molecular weight is 551 g/mol. The minimum atomic E-state index is -0.820. The summed E-state index contributed by atoms with van der Waals surface area (Å²) in [7, 11) is 0. The van der Waals surface area contributed by atoms with Crippen molar-refractivity contribution in [1.82, 2.24) is 0 Å². The van der Waals surface area contributed by atoms with Gasteiger partial charge in [-0.15, -0.1) is 0 Å². The van der Waals surface area contributed by atoms with Gasteiger partial charge in [-0.25, -0.2) is 19.4 Å². The Bertz CT molecular complexity index is 1280. The Labute approximate surface area is 231 Å². The van der Waals surface area contributed by atoms with E-state index in [1.165, 1.54) is 58.3 Å². The molecule has 0 aliphatic rings. The van der Waals surface area contributed by atoms with Crippen molar-refractivity contribution in [3.8, 4) is 0 Å². The zero-order chi connectivity index (χ0) is 29.8. The maximum Gasteiger partial charge on any atom is 0.419 e. The lowest BCUT2D eigenvalue weighted by Crippen LogP contribution is -2.34. The number of nitro benzene ring substituents is 2. The molecule has 0 aliphatic carbocycles. The third-order valence-corrected chi connectivity index (χ3v) is 5.16. The van der Waals surface area contributed by atoms with Crippen molar-refractivity contribution >= 4 is 46.3 Å². The van der Waals surface area contributed by atoms with Crippen molar-refractivity contribution < 1.29 is 28.9 Å². The summed E-state index contributed by atoms with van der Waals surface area (Å²) in [6.07, 6.45) is -1.43. The van der Waals surface area contributed by atoms with Crippen LogP contribution in [0.3, 0.4) is 0 Å². The fourth-order valence-corrected chi connectivity index (χ4v) is 3.53. The maximum absolute atomic E-state index is 13.2. The summed E-state index contributed by atoms with van der Waals surface area (Å²) in [5, 5.41) is 22.2. The first-order valence-electron chi connectivity index (χ1n) is 12.2. The Morgan fingerprint density at radius 1 is 0.550 bits per heavy atom. The second kappa shape index (κ2) is 11.4. The molecule has 0 spiro atoms. The SMILES string of the molecule is CC(C)(C)OC(=O)N(c1ccc(N(C(=O)OC(C)(C)C)c2ccc([N+](=O)[O-])cc2)cc1)c1ccc([N+](=O)[O-])cc1. The highest BCUT2D eigenvalue weighted by atomic mass is 16.6. The number of nitrogens with zero attached hydrogens (tertiary/aromatic N) is 4. The minimum absolute atomic E-state index is 0.140. The van der Waals surface area contributed by atoms with Crippen LogP contribution >= 0.6 is 0 Å². The standard InChI is InChI=1S/C28H30N4O8/c1-27(2,3)39-25(33)29(21-11-15-23(16-12-21)31(35)36)19-7-9-20(10-8-19)30(26(34)40-28(4,5)6)22-13-17-24(18-14-22)32(37)38/h7-18H,1-6H3. The molecule has 3 aromatic rings. The van der Waals surface area contributed by atoms with Gasteiger partial charge in [0, 0.05) is 24.3 Å². The van der Waals surface area contributed by atoms with E-state index in [9.17, 15) is 29.8 Å². The van der Waals surface area contributed by atoms with Crippen LogP contribution in [0.2, 0.25) is 0 Å². The number of rotatable bonds is 6. The molecular weight excluding hydrogens is 520 g/mol. The molecule has 0 aliphatic heterocycles. The smallest absolute Gasteiger partial charge is 0.419 e. The van der Waals surface area contributed by atoms with Crippen molar-refractivity contribution in [2.75, 3.05) is 9.80 Å². The molecule has 0 fully saturated rings. The number of hydrogen-bond acceptors (Lipinski definition) is 8. The summed E-state index contributed by atoms with van der Waals surface area (Å²) in [5.74, 6) is 0. The van der Waals surface area contributed by atoms with Crippen molar-refractivity contribution in [3.05, 3.63) is 93.0 Å². The summed E-state index contributed by atoms with van der Waals surface area (Å²) < 4.78 is 11.1. The van der Waals surface area contributed by atoms with Crippen LogP contribution in [0, 0.1) is 20.2 Å². The van der Waals surface area contributed by atoms with Crippen molar-refractivity contribution in [2.24, 2.45) is 0 Å². The quantitative estimate of drug-likeness (QED) is 0.225. The maximum atomic E-state index is 13.2. The zero-order valence-electron chi connectivity index (χ0n) is 23.0. The number of nitro groups is 2. The largest absolute Gasteiger partial charge is 0.443 e. The molecule has 0 unspecified atom stereocenters. The second-order valence-electron chi connectivity index (χ2n) is 10.7. The van der Waals surface area contributed by atoms with Crippen LogP contribution in [0.4, 0.5) is 43.7 Å². The Morgan fingerprint density at radius 3 is 0.975 bits per heavy atom. The predicted molar refractivity (Wildman–Crippen MR) is 149 cm³/mol. The van der Waals surface area contributed by atoms with E-state index in [4.69, 9.17) is 9.47 Å². The van der Waals surface area contributed by atoms with Crippen molar-refractivity contribution in [1.29, 1.82) is 0 Å². The van der Waals surface area contributed by atoms with Crippen LogP contribution in [0.25, 0.3) is 0 Å². The summed E-state index contributed by atoms with van der Waals surface area (Å²) in [4.78, 5) is 50.0.